The highest BCUT2D eigenvalue weighted by Gasteiger charge is 2.30. The molecule has 1 N–H and O–H groups in total. The van der Waals surface area contributed by atoms with Gasteiger partial charge in [-0.25, -0.2) is 4.39 Å². The first-order valence-electron chi connectivity index (χ1n) is 5.35. The van der Waals surface area contributed by atoms with Crippen molar-refractivity contribution in [3.8, 4) is 0 Å². The van der Waals surface area contributed by atoms with E-state index >= 15 is 0 Å². The summed E-state index contributed by atoms with van der Waals surface area (Å²) in [6.07, 6.45) is 1.08. The van der Waals surface area contributed by atoms with Crippen LogP contribution in [0.15, 0.2) is 16.9 Å². The molecule has 0 aliphatic carbocycles. The molecule has 3 rings (SSSR count). The van der Waals surface area contributed by atoms with E-state index in [4.69, 9.17) is 0 Å². The topological polar surface area (TPSA) is 34.0 Å². The summed E-state index contributed by atoms with van der Waals surface area (Å²) in [5.41, 5.74) is 0.671. The average Bonchev–Trinajstić information content (AvgIpc) is 2.21. The van der Waals surface area contributed by atoms with Gasteiger partial charge in [-0.15, -0.1) is 0 Å². The Hall–Kier alpha value is -1.16. The van der Waals surface area contributed by atoms with Crippen LogP contribution in [-0.2, 0) is 6.54 Å². The van der Waals surface area contributed by atoms with E-state index in [1.54, 1.807) is 4.57 Å². The normalized spacial score (nSPS) is 28.6. The highest BCUT2D eigenvalue weighted by Crippen LogP contribution is 2.31. The Labute approximate surface area is 86.9 Å². The maximum Gasteiger partial charge on any atom is 0.253 e. The molecule has 2 bridgehead atoms. The first-order chi connectivity index (χ1) is 7.24. The van der Waals surface area contributed by atoms with Crippen molar-refractivity contribution in [3.63, 3.8) is 0 Å². The van der Waals surface area contributed by atoms with E-state index < -0.39 is 5.82 Å². The van der Waals surface area contributed by atoms with Gasteiger partial charge in [0.15, 0.2) is 0 Å². The van der Waals surface area contributed by atoms with Crippen molar-refractivity contribution in [2.24, 2.45) is 5.92 Å². The molecule has 1 fully saturated rings. The lowest BCUT2D eigenvalue weighted by atomic mass is 9.84. The van der Waals surface area contributed by atoms with Crippen LogP contribution in [0.5, 0.6) is 0 Å². The molecule has 2 atom stereocenters. The van der Waals surface area contributed by atoms with Crippen molar-refractivity contribution >= 4 is 0 Å². The summed E-state index contributed by atoms with van der Waals surface area (Å²) in [6.45, 7) is 2.57. The lowest BCUT2D eigenvalue weighted by molar-refractivity contribution is 0.256. The molecule has 3 heterocycles. The van der Waals surface area contributed by atoms with Crippen LogP contribution in [0.3, 0.4) is 0 Å². The molecule has 0 radical (unpaired) electrons. The monoisotopic (exact) mass is 208 g/mol. The molecule has 0 saturated carbocycles. The fourth-order valence-corrected chi connectivity index (χ4v) is 2.77. The van der Waals surface area contributed by atoms with Gasteiger partial charge in [0, 0.05) is 30.8 Å². The minimum atomic E-state index is -0.407. The minimum Gasteiger partial charge on any atom is -0.316 e. The van der Waals surface area contributed by atoms with Crippen LogP contribution in [0.2, 0.25) is 0 Å². The van der Waals surface area contributed by atoms with Gasteiger partial charge < -0.3 is 9.88 Å². The highest BCUT2D eigenvalue weighted by atomic mass is 19.1. The Kier molecular flexibility index (Phi) is 1.92. The predicted molar refractivity (Wildman–Crippen MR) is 54.4 cm³/mol. The summed E-state index contributed by atoms with van der Waals surface area (Å²) in [5, 5.41) is 3.33. The first-order valence-corrected chi connectivity index (χ1v) is 5.35. The molecule has 2 aliphatic heterocycles. The molecule has 1 aromatic rings. The van der Waals surface area contributed by atoms with E-state index in [1.807, 2.05) is 0 Å². The van der Waals surface area contributed by atoms with Gasteiger partial charge in [0.05, 0.1) is 0 Å². The van der Waals surface area contributed by atoms with Crippen molar-refractivity contribution < 1.29 is 4.39 Å². The summed E-state index contributed by atoms with van der Waals surface area (Å²) in [7, 11) is 0. The zero-order valence-corrected chi connectivity index (χ0v) is 8.37. The Bertz CT molecular complexity index is 454. The maximum absolute atomic E-state index is 13.1. The zero-order chi connectivity index (χ0) is 10.4. The van der Waals surface area contributed by atoms with Crippen molar-refractivity contribution in [1.82, 2.24) is 9.88 Å². The number of fused-ring (bicyclic) bond motifs is 4. The molecule has 1 saturated heterocycles. The number of piperidine rings is 1. The van der Waals surface area contributed by atoms with Crippen molar-refractivity contribution in [2.45, 2.75) is 18.9 Å². The average molecular weight is 208 g/mol. The van der Waals surface area contributed by atoms with E-state index in [2.05, 4.69) is 5.32 Å². The second-order valence-electron chi connectivity index (χ2n) is 4.50. The molecular weight excluding hydrogens is 195 g/mol. The molecular formula is C11H13FN2O. The Balaban J connectivity index is 2.17. The van der Waals surface area contributed by atoms with Crippen LogP contribution in [0.25, 0.3) is 0 Å². The van der Waals surface area contributed by atoms with Gasteiger partial charge in [-0.05, 0) is 24.9 Å². The van der Waals surface area contributed by atoms with Gasteiger partial charge in [-0.3, -0.25) is 4.79 Å². The number of nitrogens with one attached hydrogen (secondary N) is 1. The number of hydrogen-bond donors (Lipinski definition) is 1. The zero-order valence-electron chi connectivity index (χ0n) is 8.37. The van der Waals surface area contributed by atoms with E-state index in [-0.39, 0.29) is 5.56 Å². The Morgan fingerprint density at radius 1 is 1.40 bits per heavy atom. The first kappa shape index (κ1) is 9.09. The second-order valence-corrected chi connectivity index (χ2v) is 4.50. The standard InChI is InChI=1S/C11H13FN2O/c12-9-2-10-8-1-7(4-13-5-8)6-14(10)11(15)3-9/h2-3,7-8,13H,1,4-6H2. The maximum atomic E-state index is 13.1. The Morgan fingerprint density at radius 2 is 2.27 bits per heavy atom. The van der Waals surface area contributed by atoms with Gasteiger partial charge >= 0.3 is 0 Å². The lowest BCUT2D eigenvalue weighted by Crippen LogP contribution is -2.44. The van der Waals surface area contributed by atoms with E-state index in [0.29, 0.717) is 11.8 Å². The van der Waals surface area contributed by atoms with Crippen molar-refractivity contribution in [2.75, 3.05) is 13.1 Å². The third kappa shape index (κ3) is 1.40. The van der Waals surface area contributed by atoms with Crippen molar-refractivity contribution in [1.29, 1.82) is 0 Å². The fraction of sp³-hybridized carbons (Fsp3) is 0.545. The fourth-order valence-electron chi connectivity index (χ4n) is 2.77. The predicted octanol–water partition coefficient (Wildman–Crippen LogP) is 0.694. The summed E-state index contributed by atoms with van der Waals surface area (Å²) in [4.78, 5) is 11.6. The third-order valence-corrected chi connectivity index (χ3v) is 3.43. The van der Waals surface area contributed by atoms with Gasteiger partial charge in [0.25, 0.3) is 5.56 Å². The molecule has 1 aromatic heterocycles. The van der Waals surface area contributed by atoms with Crippen LogP contribution in [0, 0.1) is 11.7 Å². The van der Waals surface area contributed by atoms with Gasteiger partial charge in [0.2, 0.25) is 0 Å². The number of halogens is 1. The molecule has 80 valence electrons. The number of aromatic nitrogens is 1. The molecule has 0 amide bonds. The minimum absolute atomic E-state index is 0.193. The van der Waals surface area contributed by atoms with E-state index in [1.165, 1.54) is 6.07 Å². The molecule has 2 aliphatic rings. The summed E-state index contributed by atoms with van der Waals surface area (Å²) in [6, 6.07) is 2.59. The molecule has 0 spiro atoms. The molecule has 4 heteroatoms. The SMILES string of the molecule is O=c1cc(F)cc2n1CC1CNCC2C1. The van der Waals surface area contributed by atoms with Gasteiger partial charge in [0.1, 0.15) is 5.82 Å². The summed E-state index contributed by atoms with van der Waals surface area (Å²) < 4.78 is 14.9. The molecule has 2 unspecified atom stereocenters. The van der Waals surface area contributed by atoms with Crippen LogP contribution in [0.1, 0.15) is 18.0 Å². The van der Waals surface area contributed by atoms with Gasteiger partial charge in [-0.1, -0.05) is 0 Å². The number of hydrogen-bond acceptors (Lipinski definition) is 2. The van der Waals surface area contributed by atoms with Gasteiger partial charge in [-0.2, -0.15) is 0 Å². The lowest BCUT2D eigenvalue weighted by Gasteiger charge is -2.37. The van der Waals surface area contributed by atoms with Crippen LogP contribution >= 0.6 is 0 Å². The van der Waals surface area contributed by atoms with Crippen LogP contribution in [0.4, 0.5) is 4.39 Å². The second kappa shape index (κ2) is 3.17. The van der Waals surface area contributed by atoms with Crippen LogP contribution in [-0.4, -0.2) is 17.7 Å². The highest BCUT2D eigenvalue weighted by molar-refractivity contribution is 5.17. The molecule has 15 heavy (non-hydrogen) atoms. The van der Waals surface area contributed by atoms with Crippen molar-refractivity contribution in [3.05, 3.63) is 34.0 Å². The molecule has 0 aromatic carbocycles. The number of pyridine rings is 1. The number of rotatable bonds is 0. The van der Waals surface area contributed by atoms with Crippen LogP contribution < -0.4 is 10.9 Å². The quantitative estimate of drug-likeness (QED) is 0.680. The largest absolute Gasteiger partial charge is 0.316 e. The van der Waals surface area contributed by atoms with E-state index in [9.17, 15) is 9.18 Å². The molecule has 3 nitrogen and oxygen atoms in total. The summed E-state index contributed by atoms with van der Waals surface area (Å²) >= 11 is 0. The summed E-state index contributed by atoms with van der Waals surface area (Å²) in [5.74, 6) is 0.426. The third-order valence-electron chi connectivity index (χ3n) is 3.43. The smallest absolute Gasteiger partial charge is 0.253 e. The van der Waals surface area contributed by atoms with E-state index in [0.717, 1.165) is 37.8 Å². The number of nitrogens with zero attached hydrogens (tertiary/aromatic N) is 1. The Morgan fingerprint density at radius 3 is 3.13 bits per heavy atom.